The van der Waals surface area contributed by atoms with E-state index in [9.17, 15) is 4.79 Å². The van der Waals surface area contributed by atoms with Crippen molar-refractivity contribution < 1.29 is 19.0 Å². The second-order valence-electron chi connectivity index (χ2n) is 10.3. The standard InChI is InChI=1S/C29H48N6O4/c1-7-15-38-17-13-30-21-29(3,4)22-33-27(28(36)35(5)14-18-39-16-8-2)34-25-11-9-23(19-31-25)24-10-12-26(37-6)32-20-24/h9-12,19-20,26,30,32H,7-8,13-18,21-22H2,1-6H3,(H,31,33,34). The van der Waals surface area contributed by atoms with Crippen LogP contribution in [0.4, 0.5) is 5.82 Å². The number of hydrogen-bond donors (Lipinski definition) is 3. The van der Waals surface area contributed by atoms with Crippen LogP contribution in [0.25, 0.3) is 5.57 Å². The summed E-state index contributed by atoms with van der Waals surface area (Å²) in [5.41, 5.74) is 1.78. The molecule has 1 unspecified atom stereocenters. The Labute approximate surface area is 234 Å². The number of nitrogens with one attached hydrogen (secondary N) is 3. The number of rotatable bonds is 17. The molecule has 1 aromatic heterocycles. The van der Waals surface area contributed by atoms with Crippen molar-refractivity contribution in [2.45, 2.75) is 46.8 Å². The molecule has 0 bridgehead atoms. The van der Waals surface area contributed by atoms with Crippen LogP contribution in [0.15, 0.2) is 41.7 Å². The average molecular weight is 545 g/mol. The van der Waals surface area contributed by atoms with Gasteiger partial charge in [-0.1, -0.05) is 33.8 Å². The third-order valence-corrected chi connectivity index (χ3v) is 5.96. The van der Waals surface area contributed by atoms with Gasteiger partial charge in [0.15, 0.2) is 5.84 Å². The Balaban J connectivity index is 2.07. The maximum Gasteiger partial charge on any atom is 0.289 e. The number of allylic oxidation sites excluding steroid dienone is 2. The number of carbonyl (C=O) groups excluding carboxylic acids is 1. The first-order valence-electron chi connectivity index (χ1n) is 13.9. The number of ether oxygens (including phenoxy) is 3. The number of nitrogens with zero attached hydrogens (tertiary/aromatic N) is 3. The average Bonchev–Trinajstić information content (AvgIpc) is 2.95. The van der Waals surface area contributed by atoms with Crippen LogP contribution in [0.1, 0.15) is 46.1 Å². The largest absolute Gasteiger partial charge is 0.380 e. The Hall–Kier alpha value is -2.79. The monoisotopic (exact) mass is 544 g/mol. The molecule has 1 amide bonds. The molecule has 1 aliphatic rings. The molecule has 1 atom stereocenters. The van der Waals surface area contributed by atoms with Crippen LogP contribution in [0.3, 0.4) is 0 Å². The van der Waals surface area contributed by atoms with E-state index in [4.69, 9.17) is 19.2 Å². The Morgan fingerprint density at radius 3 is 2.51 bits per heavy atom. The fourth-order valence-corrected chi connectivity index (χ4v) is 3.61. The maximum atomic E-state index is 13.3. The number of carbonyl (C=O) groups is 1. The molecule has 0 spiro atoms. The number of pyridine rings is 1. The van der Waals surface area contributed by atoms with Crippen LogP contribution in [0, 0.1) is 5.41 Å². The Bertz CT molecular complexity index is 946. The lowest BCUT2D eigenvalue weighted by Gasteiger charge is -2.24. The number of likely N-dealkylation sites (N-methyl/N-ethyl adjacent to an activating group) is 1. The SMILES string of the molecule is CCCOCCNCC(C)(C)CN=C(Nc1ccc(C2=CNC(OC)C=C2)cn1)C(=O)N(C)CCOCCC. The van der Waals surface area contributed by atoms with Gasteiger partial charge in [0.2, 0.25) is 0 Å². The van der Waals surface area contributed by atoms with E-state index in [2.05, 4.69) is 48.6 Å². The van der Waals surface area contributed by atoms with Gasteiger partial charge in [-0.05, 0) is 42.0 Å². The van der Waals surface area contributed by atoms with E-state index < -0.39 is 0 Å². The van der Waals surface area contributed by atoms with E-state index in [1.807, 2.05) is 30.5 Å². The van der Waals surface area contributed by atoms with Crippen LogP contribution in [-0.4, -0.2) is 94.6 Å². The quantitative estimate of drug-likeness (QED) is 0.156. The van der Waals surface area contributed by atoms with Crippen molar-refractivity contribution in [3.8, 4) is 0 Å². The summed E-state index contributed by atoms with van der Waals surface area (Å²) in [6.45, 7) is 13.5. The number of dihydropyridines is 1. The predicted octanol–water partition coefficient (Wildman–Crippen LogP) is 3.29. The minimum absolute atomic E-state index is 0.134. The molecule has 0 radical (unpaired) electrons. The fourth-order valence-electron chi connectivity index (χ4n) is 3.61. The summed E-state index contributed by atoms with van der Waals surface area (Å²) in [6.07, 6.45) is 9.43. The number of hydrogen-bond acceptors (Lipinski definition) is 8. The summed E-state index contributed by atoms with van der Waals surface area (Å²) < 4.78 is 16.4. The zero-order valence-electron chi connectivity index (χ0n) is 24.6. The van der Waals surface area contributed by atoms with Gasteiger partial charge in [-0.3, -0.25) is 9.79 Å². The van der Waals surface area contributed by atoms with Gasteiger partial charge < -0.3 is 35.1 Å². The van der Waals surface area contributed by atoms with Crippen molar-refractivity contribution in [2.24, 2.45) is 10.4 Å². The van der Waals surface area contributed by atoms with Crippen molar-refractivity contribution in [1.29, 1.82) is 0 Å². The topological polar surface area (TPSA) is 109 Å². The highest BCUT2D eigenvalue weighted by molar-refractivity contribution is 6.42. The van der Waals surface area contributed by atoms with E-state index >= 15 is 0 Å². The molecule has 0 saturated heterocycles. The molecule has 2 rings (SSSR count). The zero-order chi connectivity index (χ0) is 28.5. The molecule has 2 heterocycles. The first kappa shape index (κ1) is 32.4. The van der Waals surface area contributed by atoms with Crippen LogP contribution in [0.5, 0.6) is 0 Å². The summed E-state index contributed by atoms with van der Waals surface area (Å²) >= 11 is 0. The fraction of sp³-hybridized carbons (Fsp3) is 0.621. The molecule has 218 valence electrons. The van der Waals surface area contributed by atoms with Gasteiger partial charge in [0.1, 0.15) is 12.0 Å². The van der Waals surface area contributed by atoms with E-state index in [-0.39, 0.29) is 23.4 Å². The van der Waals surface area contributed by atoms with Gasteiger partial charge in [-0.2, -0.15) is 0 Å². The minimum Gasteiger partial charge on any atom is -0.380 e. The molecule has 0 fully saturated rings. The summed E-state index contributed by atoms with van der Waals surface area (Å²) in [6, 6.07) is 3.81. The first-order chi connectivity index (χ1) is 18.8. The maximum absolute atomic E-state index is 13.3. The van der Waals surface area contributed by atoms with Crippen molar-refractivity contribution in [1.82, 2.24) is 20.5 Å². The molecule has 10 heteroatoms. The Kier molecular flexibility index (Phi) is 14.7. The second-order valence-corrected chi connectivity index (χ2v) is 10.3. The summed E-state index contributed by atoms with van der Waals surface area (Å²) in [4.78, 5) is 24.2. The Morgan fingerprint density at radius 2 is 1.90 bits per heavy atom. The number of aliphatic imine (C=N–C) groups is 1. The molecular formula is C29H48N6O4. The lowest BCUT2D eigenvalue weighted by Crippen LogP contribution is -2.40. The van der Waals surface area contributed by atoms with E-state index in [0.29, 0.717) is 38.7 Å². The second kappa shape index (κ2) is 17.7. The van der Waals surface area contributed by atoms with Crippen molar-refractivity contribution in [2.75, 3.05) is 72.1 Å². The van der Waals surface area contributed by atoms with Crippen LogP contribution in [0.2, 0.25) is 0 Å². The molecule has 10 nitrogen and oxygen atoms in total. The summed E-state index contributed by atoms with van der Waals surface area (Å²) in [7, 11) is 3.41. The lowest BCUT2D eigenvalue weighted by atomic mass is 9.94. The van der Waals surface area contributed by atoms with Gasteiger partial charge in [-0.15, -0.1) is 0 Å². The van der Waals surface area contributed by atoms with Gasteiger partial charge in [0.05, 0.1) is 13.2 Å². The number of aromatic nitrogens is 1. The van der Waals surface area contributed by atoms with Gasteiger partial charge in [-0.25, -0.2) is 4.98 Å². The summed E-state index contributed by atoms with van der Waals surface area (Å²) in [5, 5.41) is 9.76. The van der Waals surface area contributed by atoms with Crippen molar-refractivity contribution in [3.05, 3.63) is 42.2 Å². The highest BCUT2D eigenvalue weighted by Crippen LogP contribution is 2.19. The van der Waals surface area contributed by atoms with Crippen LogP contribution in [-0.2, 0) is 19.0 Å². The predicted molar refractivity (Wildman–Crippen MR) is 158 cm³/mol. The highest BCUT2D eigenvalue weighted by atomic mass is 16.5. The first-order valence-corrected chi connectivity index (χ1v) is 13.9. The Morgan fingerprint density at radius 1 is 1.15 bits per heavy atom. The van der Waals surface area contributed by atoms with E-state index in [1.54, 1.807) is 25.3 Å². The smallest absolute Gasteiger partial charge is 0.289 e. The number of methoxy groups -OCH3 is 1. The molecule has 3 N–H and O–H groups in total. The van der Waals surface area contributed by atoms with Crippen LogP contribution >= 0.6 is 0 Å². The van der Waals surface area contributed by atoms with Gasteiger partial charge in [0.25, 0.3) is 5.91 Å². The van der Waals surface area contributed by atoms with Crippen molar-refractivity contribution in [3.63, 3.8) is 0 Å². The highest BCUT2D eigenvalue weighted by Gasteiger charge is 2.22. The van der Waals surface area contributed by atoms with Gasteiger partial charge >= 0.3 is 0 Å². The van der Waals surface area contributed by atoms with Crippen molar-refractivity contribution >= 4 is 23.1 Å². The molecule has 1 aromatic rings. The van der Waals surface area contributed by atoms with E-state index in [1.165, 1.54) is 0 Å². The molecular weight excluding hydrogens is 496 g/mol. The number of amidine groups is 1. The normalized spacial score (nSPS) is 15.6. The molecule has 0 saturated carbocycles. The molecule has 0 aromatic carbocycles. The summed E-state index contributed by atoms with van der Waals surface area (Å²) in [5.74, 6) is 0.605. The third kappa shape index (κ3) is 12.3. The number of anilines is 1. The molecule has 0 aliphatic carbocycles. The van der Waals surface area contributed by atoms with Gasteiger partial charge in [0, 0.05) is 71.5 Å². The lowest BCUT2D eigenvalue weighted by molar-refractivity contribution is -0.123. The minimum atomic E-state index is -0.203. The van der Waals surface area contributed by atoms with E-state index in [0.717, 1.165) is 43.7 Å². The zero-order valence-corrected chi connectivity index (χ0v) is 24.6. The third-order valence-electron chi connectivity index (χ3n) is 5.96. The molecule has 39 heavy (non-hydrogen) atoms. The van der Waals surface area contributed by atoms with Crippen LogP contribution < -0.4 is 16.0 Å². The molecule has 1 aliphatic heterocycles. The number of amides is 1.